The van der Waals surface area contributed by atoms with E-state index in [1.807, 2.05) is 18.2 Å². The van der Waals surface area contributed by atoms with Gasteiger partial charge in [0.05, 0.1) is 11.4 Å². The Kier molecular flexibility index (Phi) is 4.13. The van der Waals surface area contributed by atoms with Crippen LogP contribution >= 0.6 is 11.3 Å². The molecular weight excluding hydrogens is 334 g/mol. The Morgan fingerprint density at radius 1 is 1.24 bits per heavy atom. The van der Waals surface area contributed by atoms with Crippen molar-refractivity contribution in [1.82, 2.24) is 15.5 Å². The van der Waals surface area contributed by atoms with Gasteiger partial charge in [-0.25, -0.2) is 0 Å². The number of hydrogen-bond donors (Lipinski definition) is 1. The van der Waals surface area contributed by atoms with Gasteiger partial charge in [0.15, 0.2) is 0 Å². The summed E-state index contributed by atoms with van der Waals surface area (Å²) in [4.78, 5) is 18.3. The van der Waals surface area contributed by atoms with Gasteiger partial charge in [0, 0.05) is 16.4 Å². The Bertz CT molecular complexity index is 924. The topological polar surface area (TPSA) is 68.0 Å². The van der Waals surface area contributed by atoms with Crippen LogP contribution in [0.3, 0.4) is 0 Å². The van der Waals surface area contributed by atoms with Crippen LogP contribution in [0.4, 0.5) is 0 Å². The number of carbonyl (C=O) groups is 1. The molecule has 1 amide bonds. The molecule has 0 unspecified atom stereocenters. The first-order valence-electron chi connectivity index (χ1n) is 8.38. The van der Waals surface area contributed by atoms with Crippen LogP contribution in [0.1, 0.15) is 28.8 Å². The second-order valence-electron chi connectivity index (χ2n) is 6.48. The SMILES string of the molecule is Cc1ccc(-c2nc(-c3ccc(CNC(=O)C4CC4)s3)no2)cc1C. The molecule has 25 heavy (non-hydrogen) atoms. The molecular formula is C19H19N3O2S. The van der Waals surface area contributed by atoms with E-state index in [1.54, 1.807) is 11.3 Å². The highest BCUT2D eigenvalue weighted by atomic mass is 32.1. The van der Waals surface area contributed by atoms with E-state index in [0.29, 0.717) is 18.3 Å². The Hall–Kier alpha value is -2.47. The molecule has 0 atom stereocenters. The maximum atomic E-state index is 11.7. The molecule has 0 radical (unpaired) electrons. The van der Waals surface area contributed by atoms with E-state index < -0.39 is 0 Å². The molecule has 0 aliphatic heterocycles. The van der Waals surface area contributed by atoms with E-state index in [-0.39, 0.29) is 11.8 Å². The first kappa shape index (κ1) is 16.0. The Morgan fingerprint density at radius 3 is 2.84 bits per heavy atom. The predicted octanol–water partition coefficient (Wildman–Crippen LogP) is 4.11. The lowest BCUT2D eigenvalue weighted by Gasteiger charge is -2.00. The molecule has 0 spiro atoms. The molecule has 4 rings (SSSR count). The predicted molar refractivity (Wildman–Crippen MR) is 97.1 cm³/mol. The van der Waals surface area contributed by atoms with Gasteiger partial charge in [0.2, 0.25) is 11.7 Å². The van der Waals surface area contributed by atoms with Crippen LogP contribution in [0.25, 0.3) is 22.2 Å². The molecule has 0 bridgehead atoms. The zero-order valence-electron chi connectivity index (χ0n) is 14.2. The number of hydrogen-bond acceptors (Lipinski definition) is 5. The van der Waals surface area contributed by atoms with Gasteiger partial charge >= 0.3 is 0 Å². The van der Waals surface area contributed by atoms with Crippen molar-refractivity contribution in [2.24, 2.45) is 5.92 Å². The highest BCUT2D eigenvalue weighted by molar-refractivity contribution is 7.15. The van der Waals surface area contributed by atoms with Crippen molar-refractivity contribution in [3.05, 3.63) is 46.3 Å². The summed E-state index contributed by atoms with van der Waals surface area (Å²) in [5.41, 5.74) is 3.36. The van der Waals surface area contributed by atoms with Crippen LogP contribution in [-0.4, -0.2) is 16.0 Å². The Morgan fingerprint density at radius 2 is 2.08 bits per heavy atom. The molecule has 1 N–H and O–H groups in total. The number of rotatable bonds is 5. The van der Waals surface area contributed by atoms with Crippen molar-refractivity contribution in [2.45, 2.75) is 33.2 Å². The third-order valence-corrected chi connectivity index (χ3v) is 5.53. The standard InChI is InChI=1S/C19H19N3O2S/c1-11-3-4-14(9-12(11)2)19-21-17(22-24-19)16-8-7-15(25-16)10-20-18(23)13-5-6-13/h3-4,7-9,13H,5-6,10H2,1-2H3,(H,20,23). The zero-order valence-corrected chi connectivity index (χ0v) is 15.0. The minimum Gasteiger partial charge on any atom is -0.351 e. The van der Waals surface area contributed by atoms with Crippen molar-refractivity contribution in [3.8, 4) is 22.2 Å². The second-order valence-corrected chi connectivity index (χ2v) is 7.65. The maximum Gasteiger partial charge on any atom is 0.258 e. The number of thiophene rings is 1. The largest absolute Gasteiger partial charge is 0.351 e. The number of benzene rings is 1. The number of amides is 1. The van der Waals surface area contributed by atoms with Crippen LogP contribution in [-0.2, 0) is 11.3 Å². The number of nitrogens with one attached hydrogen (secondary N) is 1. The van der Waals surface area contributed by atoms with Gasteiger partial charge in [0.1, 0.15) is 0 Å². The number of aromatic nitrogens is 2. The van der Waals surface area contributed by atoms with Crippen LogP contribution in [0.15, 0.2) is 34.9 Å². The number of carbonyl (C=O) groups excluding carboxylic acids is 1. The monoisotopic (exact) mass is 353 g/mol. The summed E-state index contributed by atoms with van der Waals surface area (Å²) < 4.78 is 5.42. The summed E-state index contributed by atoms with van der Waals surface area (Å²) in [6.07, 6.45) is 2.04. The number of nitrogens with zero attached hydrogens (tertiary/aromatic N) is 2. The summed E-state index contributed by atoms with van der Waals surface area (Å²) in [7, 11) is 0. The van der Waals surface area contributed by atoms with Gasteiger partial charge in [-0.2, -0.15) is 4.98 Å². The van der Waals surface area contributed by atoms with Crippen LogP contribution < -0.4 is 5.32 Å². The quantitative estimate of drug-likeness (QED) is 0.749. The zero-order chi connectivity index (χ0) is 17.4. The normalized spacial score (nSPS) is 13.8. The lowest BCUT2D eigenvalue weighted by molar-refractivity contribution is -0.122. The van der Waals surface area contributed by atoms with Gasteiger partial charge in [-0.15, -0.1) is 11.3 Å². The maximum absolute atomic E-state index is 11.7. The van der Waals surface area contributed by atoms with E-state index in [1.165, 1.54) is 11.1 Å². The van der Waals surface area contributed by atoms with E-state index in [2.05, 4.69) is 41.4 Å². The van der Waals surface area contributed by atoms with Crippen molar-refractivity contribution in [3.63, 3.8) is 0 Å². The van der Waals surface area contributed by atoms with Gasteiger partial charge in [-0.05, 0) is 62.1 Å². The van der Waals surface area contributed by atoms with Crippen molar-refractivity contribution in [2.75, 3.05) is 0 Å². The van der Waals surface area contributed by atoms with E-state index in [4.69, 9.17) is 4.52 Å². The smallest absolute Gasteiger partial charge is 0.258 e. The molecule has 1 saturated carbocycles. The highest BCUT2D eigenvalue weighted by Gasteiger charge is 2.29. The molecule has 1 aromatic carbocycles. The minimum absolute atomic E-state index is 0.159. The fourth-order valence-electron chi connectivity index (χ4n) is 2.57. The molecule has 0 saturated heterocycles. The molecule has 1 aliphatic rings. The minimum atomic E-state index is 0.159. The summed E-state index contributed by atoms with van der Waals surface area (Å²) >= 11 is 1.57. The third kappa shape index (κ3) is 3.49. The molecule has 3 aromatic rings. The van der Waals surface area contributed by atoms with Crippen LogP contribution in [0.5, 0.6) is 0 Å². The average molecular weight is 353 g/mol. The first-order chi connectivity index (χ1) is 12.1. The fourth-order valence-corrected chi connectivity index (χ4v) is 3.45. The summed E-state index contributed by atoms with van der Waals surface area (Å²) in [6, 6.07) is 10.1. The van der Waals surface area contributed by atoms with Crippen molar-refractivity contribution >= 4 is 17.2 Å². The Balaban J connectivity index is 1.48. The van der Waals surface area contributed by atoms with Gasteiger partial charge in [-0.3, -0.25) is 4.79 Å². The lowest BCUT2D eigenvalue weighted by Crippen LogP contribution is -2.23. The molecule has 2 aromatic heterocycles. The summed E-state index contributed by atoms with van der Waals surface area (Å²) in [5, 5.41) is 7.07. The molecule has 2 heterocycles. The van der Waals surface area contributed by atoms with E-state index in [0.717, 1.165) is 28.2 Å². The van der Waals surface area contributed by atoms with Crippen molar-refractivity contribution < 1.29 is 9.32 Å². The molecule has 128 valence electrons. The molecule has 6 heteroatoms. The average Bonchev–Trinajstić information content (AvgIpc) is 3.16. The molecule has 1 aliphatic carbocycles. The first-order valence-corrected chi connectivity index (χ1v) is 9.20. The van der Waals surface area contributed by atoms with E-state index in [9.17, 15) is 4.79 Å². The van der Waals surface area contributed by atoms with Crippen molar-refractivity contribution in [1.29, 1.82) is 0 Å². The second kappa shape index (κ2) is 6.44. The Labute approximate surface area is 150 Å². The summed E-state index contributed by atoms with van der Waals surface area (Å²) in [6.45, 7) is 4.70. The van der Waals surface area contributed by atoms with Gasteiger partial charge < -0.3 is 9.84 Å². The van der Waals surface area contributed by atoms with Gasteiger partial charge in [-0.1, -0.05) is 11.2 Å². The van der Waals surface area contributed by atoms with Crippen LogP contribution in [0.2, 0.25) is 0 Å². The molecule has 5 nitrogen and oxygen atoms in total. The van der Waals surface area contributed by atoms with Crippen LogP contribution in [0, 0.1) is 19.8 Å². The fraction of sp³-hybridized carbons (Fsp3) is 0.316. The van der Waals surface area contributed by atoms with E-state index >= 15 is 0 Å². The summed E-state index contributed by atoms with van der Waals surface area (Å²) in [5.74, 6) is 1.50. The lowest BCUT2D eigenvalue weighted by atomic mass is 10.1. The van der Waals surface area contributed by atoms with Gasteiger partial charge in [0.25, 0.3) is 5.89 Å². The third-order valence-electron chi connectivity index (χ3n) is 4.45. The highest BCUT2D eigenvalue weighted by Crippen LogP contribution is 2.30. The molecule has 1 fully saturated rings. The number of aryl methyl sites for hydroxylation is 2.